The van der Waals surface area contributed by atoms with Gasteiger partial charge in [0.05, 0.1) is 30.0 Å². The van der Waals surface area contributed by atoms with Crippen LogP contribution in [0.5, 0.6) is 0 Å². The monoisotopic (exact) mass is 347 g/mol. The molecule has 0 bridgehead atoms. The van der Waals surface area contributed by atoms with Crippen molar-refractivity contribution in [1.29, 1.82) is 0 Å². The molecule has 1 atom stereocenters. The van der Waals surface area contributed by atoms with Gasteiger partial charge in [-0.3, -0.25) is 4.79 Å². The van der Waals surface area contributed by atoms with Crippen molar-refractivity contribution in [3.05, 3.63) is 46.9 Å². The average molecular weight is 347 g/mol. The Hall–Kier alpha value is -2.41. The normalized spacial score (nSPS) is 20.0. The first kappa shape index (κ1) is 17.4. The Morgan fingerprint density at radius 1 is 1.36 bits per heavy atom. The van der Waals surface area contributed by atoms with Crippen LogP contribution < -0.4 is 10.6 Å². The standard InChI is InChI=1S/C18H22FN3O3/c1-11(2)25-8-4-7-22-10-14-15(17(22)23)16(21-18(24)20-14)12-5-3-6-13(19)9-12/h3,5-6,9,11,16H,4,7-8,10H2,1-2H3,(H2,20,21,24)/t16-/m0/s1. The topological polar surface area (TPSA) is 70.7 Å². The van der Waals surface area contributed by atoms with E-state index in [9.17, 15) is 14.0 Å². The van der Waals surface area contributed by atoms with E-state index in [2.05, 4.69) is 10.6 Å². The second-order valence-corrected chi connectivity index (χ2v) is 6.48. The Bertz CT molecular complexity index is 717. The van der Waals surface area contributed by atoms with Gasteiger partial charge in [0.1, 0.15) is 5.82 Å². The zero-order chi connectivity index (χ0) is 18.0. The Morgan fingerprint density at radius 3 is 2.88 bits per heavy atom. The molecule has 2 heterocycles. The maximum absolute atomic E-state index is 13.6. The predicted octanol–water partition coefficient (Wildman–Crippen LogP) is 2.09. The summed E-state index contributed by atoms with van der Waals surface area (Å²) in [4.78, 5) is 26.4. The van der Waals surface area contributed by atoms with Gasteiger partial charge in [-0.1, -0.05) is 12.1 Å². The summed E-state index contributed by atoms with van der Waals surface area (Å²) in [5.41, 5.74) is 1.63. The van der Waals surface area contributed by atoms with Crippen molar-refractivity contribution in [3.63, 3.8) is 0 Å². The maximum atomic E-state index is 13.6. The van der Waals surface area contributed by atoms with Crippen LogP contribution in [0.1, 0.15) is 31.9 Å². The second-order valence-electron chi connectivity index (χ2n) is 6.48. The molecule has 0 unspecified atom stereocenters. The van der Waals surface area contributed by atoms with Gasteiger partial charge in [-0.05, 0) is 38.0 Å². The van der Waals surface area contributed by atoms with Crippen molar-refractivity contribution in [2.24, 2.45) is 0 Å². The lowest BCUT2D eigenvalue weighted by Gasteiger charge is -2.25. The smallest absolute Gasteiger partial charge is 0.319 e. The van der Waals surface area contributed by atoms with Gasteiger partial charge in [0.25, 0.3) is 5.91 Å². The third-order valence-electron chi connectivity index (χ3n) is 4.23. The third kappa shape index (κ3) is 3.82. The highest BCUT2D eigenvalue weighted by molar-refractivity contribution is 6.01. The molecule has 0 spiro atoms. The van der Waals surface area contributed by atoms with Crippen LogP contribution in [0, 0.1) is 5.82 Å². The SMILES string of the molecule is CC(C)OCCCN1CC2=C(C1=O)[C@H](c1cccc(F)c1)NC(=O)N2. The number of hydrogen-bond acceptors (Lipinski definition) is 3. The quantitative estimate of drug-likeness (QED) is 0.774. The number of rotatable bonds is 6. The summed E-state index contributed by atoms with van der Waals surface area (Å²) >= 11 is 0. The number of carbonyl (C=O) groups excluding carboxylic acids is 2. The van der Waals surface area contributed by atoms with Crippen LogP contribution in [0.3, 0.4) is 0 Å². The summed E-state index contributed by atoms with van der Waals surface area (Å²) in [5.74, 6) is -0.540. The van der Waals surface area contributed by atoms with Gasteiger partial charge in [0.15, 0.2) is 0 Å². The minimum Gasteiger partial charge on any atom is -0.379 e. The fourth-order valence-electron chi connectivity index (χ4n) is 3.12. The van der Waals surface area contributed by atoms with Crippen molar-refractivity contribution < 1.29 is 18.7 Å². The summed E-state index contributed by atoms with van der Waals surface area (Å²) < 4.78 is 19.1. The molecule has 0 saturated carbocycles. The predicted molar refractivity (Wildman–Crippen MR) is 90.1 cm³/mol. The summed E-state index contributed by atoms with van der Waals surface area (Å²) in [6, 6.07) is 4.93. The number of halogens is 1. The molecule has 1 aromatic rings. The van der Waals surface area contributed by atoms with E-state index in [1.807, 2.05) is 13.8 Å². The number of ether oxygens (including phenoxy) is 1. The first-order valence-electron chi connectivity index (χ1n) is 8.42. The Kier molecular flexibility index (Phi) is 5.03. The third-order valence-corrected chi connectivity index (χ3v) is 4.23. The summed E-state index contributed by atoms with van der Waals surface area (Å²) in [5, 5.41) is 5.42. The molecule has 134 valence electrons. The van der Waals surface area contributed by atoms with Crippen LogP contribution >= 0.6 is 0 Å². The van der Waals surface area contributed by atoms with E-state index in [0.29, 0.717) is 36.5 Å². The lowest BCUT2D eigenvalue weighted by atomic mass is 9.96. The van der Waals surface area contributed by atoms with Crippen LogP contribution in [0.2, 0.25) is 0 Å². The highest BCUT2D eigenvalue weighted by Crippen LogP contribution is 2.32. The number of nitrogens with zero attached hydrogens (tertiary/aromatic N) is 1. The summed E-state index contributed by atoms with van der Waals surface area (Å²) in [7, 11) is 0. The molecule has 7 heteroatoms. The Labute approximate surface area is 146 Å². The van der Waals surface area contributed by atoms with Crippen molar-refractivity contribution in [1.82, 2.24) is 15.5 Å². The van der Waals surface area contributed by atoms with E-state index >= 15 is 0 Å². The zero-order valence-corrected chi connectivity index (χ0v) is 14.3. The largest absolute Gasteiger partial charge is 0.379 e. The van der Waals surface area contributed by atoms with Gasteiger partial charge in [0.2, 0.25) is 0 Å². The van der Waals surface area contributed by atoms with Crippen LogP contribution in [0.25, 0.3) is 0 Å². The summed E-state index contributed by atoms with van der Waals surface area (Å²) in [6.07, 6.45) is 0.873. The number of nitrogens with one attached hydrogen (secondary N) is 2. The number of hydrogen-bond donors (Lipinski definition) is 2. The zero-order valence-electron chi connectivity index (χ0n) is 14.3. The lowest BCUT2D eigenvalue weighted by molar-refractivity contribution is -0.126. The molecule has 2 aliphatic rings. The molecule has 3 amide bonds. The van der Waals surface area contributed by atoms with Gasteiger partial charge in [-0.15, -0.1) is 0 Å². The van der Waals surface area contributed by atoms with Gasteiger partial charge < -0.3 is 20.3 Å². The van der Waals surface area contributed by atoms with Crippen molar-refractivity contribution in [2.75, 3.05) is 19.7 Å². The lowest BCUT2D eigenvalue weighted by Crippen LogP contribution is -2.44. The first-order chi connectivity index (χ1) is 12.0. The molecule has 6 nitrogen and oxygen atoms in total. The van der Waals surface area contributed by atoms with E-state index in [0.717, 1.165) is 6.42 Å². The Morgan fingerprint density at radius 2 is 2.16 bits per heavy atom. The maximum Gasteiger partial charge on any atom is 0.319 e. The molecule has 0 fully saturated rings. The molecule has 2 N–H and O–H groups in total. The van der Waals surface area contributed by atoms with Crippen LogP contribution in [0.4, 0.5) is 9.18 Å². The van der Waals surface area contributed by atoms with Gasteiger partial charge in [-0.25, -0.2) is 9.18 Å². The highest BCUT2D eigenvalue weighted by Gasteiger charge is 2.40. The minimum atomic E-state index is -0.635. The fourth-order valence-corrected chi connectivity index (χ4v) is 3.12. The van der Waals surface area contributed by atoms with Gasteiger partial charge >= 0.3 is 6.03 Å². The molecular weight excluding hydrogens is 325 g/mol. The second kappa shape index (κ2) is 7.23. The molecule has 25 heavy (non-hydrogen) atoms. The average Bonchev–Trinajstić information content (AvgIpc) is 2.86. The molecule has 2 aliphatic heterocycles. The molecule has 3 rings (SSSR count). The van der Waals surface area contributed by atoms with Crippen LogP contribution in [-0.2, 0) is 9.53 Å². The first-order valence-corrected chi connectivity index (χ1v) is 8.42. The van der Waals surface area contributed by atoms with E-state index in [1.165, 1.54) is 12.1 Å². The minimum absolute atomic E-state index is 0.138. The number of amides is 3. The van der Waals surface area contributed by atoms with Gasteiger partial charge in [0, 0.05) is 13.2 Å². The summed E-state index contributed by atoms with van der Waals surface area (Å²) in [6.45, 7) is 5.40. The number of benzene rings is 1. The van der Waals surface area contributed by atoms with E-state index in [4.69, 9.17) is 4.74 Å². The molecular formula is C18H22FN3O3. The van der Waals surface area contributed by atoms with Crippen molar-refractivity contribution in [3.8, 4) is 0 Å². The van der Waals surface area contributed by atoms with Crippen molar-refractivity contribution >= 4 is 11.9 Å². The molecule has 0 aliphatic carbocycles. The van der Waals surface area contributed by atoms with Gasteiger partial charge in [-0.2, -0.15) is 0 Å². The van der Waals surface area contributed by atoms with Crippen LogP contribution in [-0.4, -0.2) is 42.6 Å². The Balaban J connectivity index is 1.74. The van der Waals surface area contributed by atoms with E-state index in [1.54, 1.807) is 17.0 Å². The van der Waals surface area contributed by atoms with Crippen LogP contribution in [0.15, 0.2) is 35.5 Å². The molecule has 1 aromatic carbocycles. The molecule has 0 radical (unpaired) electrons. The van der Waals surface area contributed by atoms with Crippen molar-refractivity contribution in [2.45, 2.75) is 32.4 Å². The highest BCUT2D eigenvalue weighted by atomic mass is 19.1. The molecule has 0 aromatic heterocycles. The van der Waals surface area contributed by atoms with E-state index in [-0.39, 0.29) is 18.0 Å². The van der Waals surface area contributed by atoms with E-state index < -0.39 is 11.9 Å². The number of carbonyl (C=O) groups is 2. The fraction of sp³-hybridized carbons (Fsp3) is 0.444. The molecule has 0 saturated heterocycles. The number of urea groups is 1.